The van der Waals surface area contributed by atoms with Gasteiger partial charge in [-0.05, 0) is 60.9 Å². The number of hydrogen-bond acceptors (Lipinski definition) is 3. The summed E-state index contributed by atoms with van der Waals surface area (Å²) in [5, 5.41) is 5.95. The molecule has 1 saturated carbocycles. The fourth-order valence-electron chi connectivity index (χ4n) is 4.74. The van der Waals surface area contributed by atoms with Gasteiger partial charge in [0.1, 0.15) is 6.04 Å². The maximum Gasteiger partial charge on any atom is 0.243 e. The predicted octanol–water partition coefficient (Wildman–Crippen LogP) is 2.53. The molecule has 3 amide bonds. The molecule has 2 aromatic rings. The molecule has 166 valence electrons. The highest BCUT2D eigenvalue weighted by molar-refractivity contribution is 6.01. The Labute approximate surface area is 188 Å². The standard InChI is InChI=1S/C26H29N3O3/c30-24-15-20(16-29(24)22-12-9-18-7-4-8-19(18)14-22)25(31)28-23(26(32)27-21-10-11-21)13-17-5-2-1-3-6-17/h1-3,5-6,9,12,14,20-21,23H,4,7-8,10-11,13,15-16H2,(H,27,32)(H,28,31). The van der Waals surface area contributed by atoms with E-state index >= 15 is 0 Å². The van der Waals surface area contributed by atoms with Crippen LogP contribution in [0.25, 0.3) is 0 Å². The van der Waals surface area contributed by atoms with Crippen LogP contribution in [0.1, 0.15) is 42.4 Å². The fourth-order valence-corrected chi connectivity index (χ4v) is 4.74. The lowest BCUT2D eigenvalue weighted by molar-refractivity contribution is -0.131. The Bertz CT molecular complexity index is 1030. The number of rotatable bonds is 7. The molecule has 2 aliphatic carbocycles. The molecular weight excluding hydrogens is 402 g/mol. The molecule has 3 aliphatic rings. The van der Waals surface area contributed by atoms with Crippen LogP contribution in [-0.2, 0) is 33.6 Å². The zero-order valence-corrected chi connectivity index (χ0v) is 18.2. The number of carbonyl (C=O) groups is 3. The molecule has 2 atom stereocenters. The van der Waals surface area contributed by atoms with Crippen LogP contribution >= 0.6 is 0 Å². The minimum Gasteiger partial charge on any atom is -0.352 e. The third-order valence-electron chi connectivity index (χ3n) is 6.73. The molecule has 32 heavy (non-hydrogen) atoms. The Hall–Kier alpha value is -3.15. The lowest BCUT2D eigenvalue weighted by atomic mass is 10.0. The second-order valence-corrected chi connectivity index (χ2v) is 9.25. The average Bonchev–Trinajstić information content (AvgIpc) is 3.33. The number of aryl methyl sites for hydroxylation is 2. The van der Waals surface area contributed by atoms with Gasteiger partial charge in [-0.2, -0.15) is 0 Å². The molecular formula is C26H29N3O3. The third kappa shape index (κ3) is 4.54. The zero-order valence-electron chi connectivity index (χ0n) is 18.2. The van der Waals surface area contributed by atoms with Crippen molar-refractivity contribution >= 4 is 23.4 Å². The molecule has 2 N–H and O–H groups in total. The molecule has 1 aliphatic heterocycles. The number of benzene rings is 2. The minimum atomic E-state index is -0.644. The van der Waals surface area contributed by atoms with Gasteiger partial charge in [0.15, 0.2) is 0 Å². The quantitative estimate of drug-likeness (QED) is 0.707. The highest BCUT2D eigenvalue weighted by atomic mass is 16.2. The maximum absolute atomic E-state index is 13.1. The van der Waals surface area contributed by atoms with Gasteiger partial charge in [-0.25, -0.2) is 0 Å². The second-order valence-electron chi connectivity index (χ2n) is 9.25. The summed E-state index contributed by atoms with van der Waals surface area (Å²) in [6, 6.07) is 15.5. The van der Waals surface area contributed by atoms with E-state index in [9.17, 15) is 14.4 Å². The van der Waals surface area contributed by atoms with Crippen LogP contribution in [-0.4, -0.2) is 36.3 Å². The monoisotopic (exact) mass is 431 g/mol. The van der Waals surface area contributed by atoms with Crippen molar-refractivity contribution in [3.63, 3.8) is 0 Å². The van der Waals surface area contributed by atoms with E-state index in [1.165, 1.54) is 11.1 Å². The van der Waals surface area contributed by atoms with Gasteiger partial charge >= 0.3 is 0 Å². The summed E-state index contributed by atoms with van der Waals surface area (Å²) >= 11 is 0. The van der Waals surface area contributed by atoms with E-state index in [1.54, 1.807) is 4.90 Å². The summed E-state index contributed by atoms with van der Waals surface area (Å²) in [6.45, 7) is 0.353. The minimum absolute atomic E-state index is 0.0369. The molecule has 2 aromatic carbocycles. The van der Waals surface area contributed by atoms with Crippen molar-refractivity contribution in [1.82, 2.24) is 10.6 Å². The fraction of sp³-hybridized carbons (Fsp3) is 0.423. The Balaban J connectivity index is 1.26. The van der Waals surface area contributed by atoms with Crippen molar-refractivity contribution in [3.8, 4) is 0 Å². The van der Waals surface area contributed by atoms with Gasteiger partial charge in [0.2, 0.25) is 17.7 Å². The molecule has 1 heterocycles. The normalized spacial score (nSPS) is 20.7. The molecule has 6 heteroatoms. The highest BCUT2D eigenvalue weighted by Gasteiger charge is 2.37. The lowest BCUT2D eigenvalue weighted by Crippen LogP contribution is -2.50. The smallest absolute Gasteiger partial charge is 0.243 e. The van der Waals surface area contributed by atoms with Crippen LogP contribution in [0.15, 0.2) is 48.5 Å². The molecule has 2 fully saturated rings. The van der Waals surface area contributed by atoms with E-state index in [0.29, 0.717) is 13.0 Å². The second kappa shape index (κ2) is 8.77. The van der Waals surface area contributed by atoms with Gasteiger partial charge in [-0.3, -0.25) is 14.4 Å². The number of carbonyl (C=O) groups excluding carboxylic acids is 3. The highest BCUT2D eigenvalue weighted by Crippen LogP contribution is 2.30. The summed E-state index contributed by atoms with van der Waals surface area (Å²) in [4.78, 5) is 40.3. The summed E-state index contributed by atoms with van der Waals surface area (Å²) in [6.07, 6.45) is 5.89. The Morgan fingerprint density at radius 2 is 1.81 bits per heavy atom. The molecule has 0 aromatic heterocycles. The first-order chi connectivity index (χ1) is 15.6. The number of hydrogen-bond donors (Lipinski definition) is 2. The molecule has 0 bridgehead atoms. The van der Waals surface area contributed by atoms with Gasteiger partial charge in [0, 0.05) is 31.1 Å². The molecule has 6 nitrogen and oxygen atoms in total. The number of nitrogens with zero attached hydrogens (tertiary/aromatic N) is 1. The molecule has 0 radical (unpaired) electrons. The van der Waals surface area contributed by atoms with Crippen LogP contribution < -0.4 is 15.5 Å². The van der Waals surface area contributed by atoms with Gasteiger partial charge < -0.3 is 15.5 Å². The Kier molecular flexibility index (Phi) is 5.68. The van der Waals surface area contributed by atoms with Gasteiger partial charge in [-0.1, -0.05) is 36.4 Å². The lowest BCUT2D eigenvalue weighted by Gasteiger charge is -2.21. The summed E-state index contributed by atoms with van der Waals surface area (Å²) in [7, 11) is 0. The van der Waals surface area contributed by atoms with Crippen LogP contribution in [0.5, 0.6) is 0 Å². The van der Waals surface area contributed by atoms with E-state index in [4.69, 9.17) is 0 Å². The summed E-state index contributed by atoms with van der Waals surface area (Å²) < 4.78 is 0. The first-order valence-electron chi connectivity index (χ1n) is 11.6. The Morgan fingerprint density at radius 1 is 1.03 bits per heavy atom. The van der Waals surface area contributed by atoms with Crippen LogP contribution in [0.3, 0.4) is 0 Å². The van der Waals surface area contributed by atoms with Crippen molar-refractivity contribution < 1.29 is 14.4 Å². The van der Waals surface area contributed by atoms with Crippen molar-refractivity contribution in [3.05, 3.63) is 65.2 Å². The van der Waals surface area contributed by atoms with E-state index < -0.39 is 12.0 Å². The number of amides is 3. The van der Waals surface area contributed by atoms with Crippen LogP contribution in [0.4, 0.5) is 5.69 Å². The van der Waals surface area contributed by atoms with Gasteiger partial charge in [-0.15, -0.1) is 0 Å². The van der Waals surface area contributed by atoms with Crippen molar-refractivity contribution in [1.29, 1.82) is 0 Å². The van der Waals surface area contributed by atoms with E-state index in [1.807, 2.05) is 36.4 Å². The van der Waals surface area contributed by atoms with Gasteiger partial charge in [0.25, 0.3) is 0 Å². The maximum atomic E-state index is 13.1. The van der Waals surface area contributed by atoms with Gasteiger partial charge in [0.05, 0.1) is 5.92 Å². The first-order valence-corrected chi connectivity index (χ1v) is 11.6. The van der Waals surface area contributed by atoms with Crippen molar-refractivity contribution in [2.24, 2.45) is 5.92 Å². The molecule has 0 spiro atoms. The number of fused-ring (bicyclic) bond motifs is 1. The Morgan fingerprint density at radius 3 is 2.59 bits per heavy atom. The van der Waals surface area contributed by atoms with Crippen molar-refractivity contribution in [2.45, 2.75) is 57.0 Å². The molecule has 1 saturated heterocycles. The summed E-state index contributed by atoms with van der Waals surface area (Å²) in [5.41, 5.74) is 4.53. The summed E-state index contributed by atoms with van der Waals surface area (Å²) in [5.74, 6) is -0.869. The van der Waals surface area contributed by atoms with E-state index in [0.717, 1.165) is 43.4 Å². The first kappa shape index (κ1) is 20.7. The molecule has 2 unspecified atom stereocenters. The van der Waals surface area contributed by atoms with Crippen LogP contribution in [0, 0.1) is 5.92 Å². The zero-order chi connectivity index (χ0) is 22.1. The number of nitrogens with one attached hydrogen (secondary N) is 2. The largest absolute Gasteiger partial charge is 0.352 e. The molecule has 5 rings (SSSR count). The average molecular weight is 432 g/mol. The SMILES string of the molecule is O=C(NC(Cc1ccccc1)C(=O)NC1CC1)C1CC(=O)N(c2ccc3c(c2)CCC3)C1. The van der Waals surface area contributed by atoms with Crippen molar-refractivity contribution in [2.75, 3.05) is 11.4 Å². The van der Waals surface area contributed by atoms with Crippen LogP contribution in [0.2, 0.25) is 0 Å². The van der Waals surface area contributed by atoms with E-state index in [-0.39, 0.29) is 30.2 Å². The predicted molar refractivity (Wildman–Crippen MR) is 122 cm³/mol. The topological polar surface area (TPSA) is 78.5 Å². The van der Waals surface area contributed by atoms with E-state index in [2.05, 4.69) is 22.8 Å². The number of anilines is 1. The third-order valence-corrected chi connectivity index (χ3v) is 6.73.